The number of amides is 1. The summed E-state index contributed by atoms with van der Waals surface area (Å²) in [6.45, 7) is 5.13. The van der Waals surface area contributed by atoms with Crippen molar-refractivity contribution in [3.63, 3.8) is 0 Å². The quantitative estimate of drug-likeness (QED) is 0.920. The molecule has 0 saturated heterocycles. The monoisotopic (exact) mass is 320 g/mol. The molecule has 0 aliphatic heterocycles. The van der Waals surface area contributed by atoms with E-state index in [0.717, 1.165) is 17.9 Å². The summed E-state index contributed by atoms with van der Waals surface area (Å²) in [6, 6.07) is 7.42. The number of hydrogen-bond donors (Lipinski definition) is 1. The molecule has 0 atom stereocenters. The van der Waals surface area contributed by atoms with Gasteiger partial charge in [-0.1, -0.05) is 17.7 Å². The summed E-state index contributed by atoms with van der Waals surface area (Å²) in [5.74, 6) is -0.0925. The standard InChI is InChI=1S/C16H21ClN4O/c1-11-15(16(22)18-8-9-20(3)4)12(2)21(19-11)14-7-5-6-13(17)10-14/h5-7,10H,8-9H2,1-4H3,(H,18,22). The SMILES string of the molecule is Cc1nn(-c2cccc(Cl)c2)c(C)c1C(=O)NCCN(C)C. The molecular weight excluding hydrogens is 300 g/mol. The number of carbonyl (C=O) groups excluding carboxylic acids is 1. The number of likely N-dealkylation sites (N-methyl/N-ethyl adjacent to an activating group) is 1. The molecular formula is C16H21ClN4O. The van der Waals surface area contributed by atoms with Gasteiger partial charge in [-0.05, 0) is 46.1 Å². The summed E-state index contributed by atoms with van der Waals surface area (Å²) < 4.78 is 1.75. The first-order chi connectivity index (χ1) is 10.4. The van der Waals surface area contributed by atoms with Gasteiger partial charge >= 0.3 is 0 Å². The smallest absolute Gasteiger partial charge is 0.255 e. The maximum Gasteiger partial charge on any atom is 0.255 e. The Balaban J connectivity index is 2.25. The Hall–Kier alpha value is -1.85. The maximum absolute atomic E-state index is 12.4. The van der Waals surface area contributed by atoms with E-state index >= 15 is 0 Å². The van der Waals surface area contributed by atoms with Gasteiger partial charge in [0, 0.05) is 18.1 Å². The number of rotatable bonds is 5. The predicted octanol–water partition coefficient (Wildman–Crippen LogP) is 2.43. The van der Waals surface area contributed by atoms with Crippen molar-refractivity contribution in [1.29, 1.82) is 0 Å². The van der Waals surface area contributed by atoms with Crippen LogP contribution in [0, 0.1) is 13.8 Å². The topological polar surface area (TPSA) is 50.2 Å². The van der Waals surface area contributed by atoms with Gasteiger partial charge in [-0.3, -0.25) is 4.79 Å². The van der Waals surface area contributed by atoms with Crippen LogP contribution in [-0.4, -0.2) is 47.8 Å². The molecule has 0 fully saturated rings. The fraction of sp³-hybridized carbons (Fsp3) is 0.375. The van der Waals surface area contributed by atoms with E-state index in [2.05, 4.69) is 10.4 Å². The molecule has 1 amide bonds. The third kappa shape index (κ3) is 3.67. The highest BCUT2D eigenvalue weighted by atomic mass is 35.5. The van der Waals surface area contributed by atoms with Crippen LogP contribution in [0.3, 0.4) is 0 Å². The van der Waals surface area contributed by atoms with Crippen LogP contribution in [-0.2, 0) is 0 Å². The zero-order valence-corrected chi connectivity index (χ0v) is 14.1. The summed E-state index contributed by atoms with van der Waals surface area (Å²) >= 11 is 6.03. The van der Waals surface area contributed by atoms with E-state index in [4.69, 9.17) is 11.6 Å². The van der Waals surface area contributed by atoms with Gasteiger partial charge in [-0.2, -0.15) is 5.10 Å². The predicted molar refractivity (Wildman–Crippen MR) is 88.9 cm³/mol. The van der Waals surface area contributed by atoms with Crippen molar-refractivity contribution in [2.24, 2.45) is 0 Å². The summed E-state index contributed by atoms with van der Waals surface area (Å²) in [6.07, 6.45) is 0. The van der Waals surface area contributed by atoms with Gasteiger partial charge in [0.1, 0.15) is 0 Å². The molecule has 0 radical (unpaired) electrons. The lowest BCUT2D eigenvalue weighted by Gasteiger charge is -2.10. The lowest BCUT2D eigenvalue weighted by atomic mass is 10.2. The lowest BCUT2D eigenvalue weighted by Crippen LogP contribution is -2.31. The van der Waals surface area contributed by atoms with E-state index in [9.17, 15) is 4.79 Å². The molecule has 1 heterocycles. The highest BCUT2D eigenvalue weighted by Gasteiger charge is 2.19. The van der Waals surface area contributed by atoms with Crippen molar-refractivity contribution in [2.75, 3.05) is 27.2 Å². The van der Waals surface area contributed by atoms with Gasteiger partial charge in [0.15, 0.2) is 0 Å². The van der Waals surface area contributed by atoms with Crippen LogP contribution in [0.4, 0.5) is 0 Å². The largest absolute Gasteiger partial charge is 0.351 e. The molecule has 0 aliphatic rings. The number of halogens is 1. The average Bonchev–Trinajstić information content (AvgIpc) is 2.73. The second-order valence-electron chi connectivity index (χ2n) is 5.50. The molecule has 6 heteroatoms. The van der Waals surface area contributed by atoms with Crippen molar-refractivity contribution in [2.45, 2.75) is 13.8 Å². The molecule has 1 N–H and O–H groups in total. The number of nitrogens with zero attached hydrogens (tertiary/aromatic N) is 3. The van der Waals surface area contributed by atoms with Crippen molar-refractivity contribution in [3.05, 3.63) is 46.2 Å². The zero-order valence-electron chi connectivity index (χ0n) is 13.4. The Morgan fingerprint density at radius 2 is 2.09 bits per heavy atom. The van der Waals surface area contributed by atoms with Gasteiger partial charge in [0.2, 0.25) is 0 Å². The lowest BCUT2D eigenvalue weighted by molar-refractivity contribution is 0.0950. The van der Waals surface area contributed by atoms with E-state index in [1.165, 1.54) is 0 Å². The average molecular weight is 321 g/mol. The third-order valence-electron chi connectivity index (χ3n) is 3.42. The zero-order chi connectivity index (χ0) is 16.3. The summed E-state index contributed by atoms with van der Waals surface area (Å²) in [5.41, 5.74) is 2.99. The third-order valence-corrected chi connectivity index (χ3v) is 3.65. The van der Waals surface area contributed by atoms with Gasteiger partial charge in [0.25, 0.3) is 5.91 Å². The first kappa shape index (κ1) is 16.5. The van der Waals surface area contributed by atoms with Crippen LogP contribution in [0.2, 0.25) is 5.02 Å². The molecule has 0 aliphatic carbocycles. The van der Waals surface area contributed by atoms with Gasteiger partial charge in [-0.25, -0.2) is 4.68 Å². The highest BCUT2D eigenvalue weighted by molar-refractivity contribution is 6.30. The highest BCUT2D eigenvalue weighted by Crippen LogP contribution is 2.20. The molecule has 0 saturated carbocycles. The second kappa shape index (κ2) is 6.94. The number of aromatic nitrogens is 2. The van der Waals surface area contributed by atoms with Crippen LogP contribution < -0.4 is 5.32 Å². The first-order valence-electron chi connectivity index (χ1n) is 7.15. The minimum Gasteiger partial charge on any atom is -0.351 e. The van der Waals surface area contributed by atoms with Crippen LogP contribution in [0.15, 0.2) is 24.3 Å². The van der Waals surface area contributed by atoms with Gasteiger partial charge in [-0.15, -0.1) is 0 Å². The van der Waals surface area contributed by atoms with E-state index in [0.29, 0.717) is 22.8 Å². The van der Waals surface area contributed by atoms with E-state index < -0.39 is 0 Å². The maximum atomic E-state index is 12.4. The van der Waals surface area contributed by atoms with Crippen LogP contribution in [0.1, 0.15) is 21.7 Å². The normalized spacial score (nSPS) is 11.0. The number of carbonyl (C=O) groups is 1. The Labute approximate surface area is 135 Å². The van der Waals surface area contributed by atoms with E-state index in [1.54, 1.807) is 4.68 Å². The molecule has 1 aromatic carbocycles. The van der Waals surface area contributed by atoms with Crippen LogP contribution in [0.25, 0.3) is 5.69 Å². The van der Waals surface area contributed by atoms with Crippen molar-refractivity contribution >= 4 is 17.5 Å². The van der Waals surface area contributed by atoms with Gasteiger partial charge in [0.05, 0.1) is 22.6 Å². The number of nitrogens with one attached hydrogen (secondary N) is 1. The first-order valence-corrected chi connectivity index (χ1v) is 7.53. The van der Waals surface area contributed by atoms with Gasteiger partial charge < -0.3 is 10.2 Å². The molecule has 1 aromatic heterocycles. The minimum atomic E-state index is -0.0925. The minimum absolute atomic E-state index is 0.0925. The Kier molecular flexibility index (Phi) is 5.21. The summed E-state index contributed by atoms with van der Waals surface area (Å²) in [4.78, 5) is 14.4. The fourth-order valence-corrected chi connectivity index (χ4v) is 2.50. The molecule has 118 valence electrons. The molecule has 2 aromatic rings. The van der Waals surface area contributed by atoms with E-state index in [-0.39, 0.29) is 5.91 Å². The second-order valence-corrected chi connectivity index (χ2v) is 5.93. The molecule has 0 unspecified atom stereocenters. The molecule has 22 heavy (non-hydrogen) atoms. The Morgan fingerprint density at radius 3 is 2.73 bits per heavy atom. The summed E-state index contributed by atoms with van der Waals surface area (Å²) in [5, 5.41) is 8.04. The molecule has 5 nitrogen and oxygen atoms in total. The number of aryl methyl sites for hydroxylation is 1. The molecule has 0 bridgehead atoms. The van der Waals surface area contributed by atoms with Crippen LogP contribution in [0.5, 0.6) is 0 Å². The van der Waals surface area contributed by atoms with Crippen molar-refractivity contribution in [3.8, 4) is 5.69 Å². The van der Waals surface area contributed by atoms with Crippen molar-refractivity contribution in [1.82, 2.24) is 20.0 Å². The Morgan fingerprint density at radius 1 is 1.36 bits per heavy atom. The van der Waals surface area contributed by atoms with Crippen molar-refractivity contribution < 1.29 is 4.79 Å². The molecule has 2 rings (SSSR count). The van der Waals surface area contributed by atoms with E-state index in [1.807, 2.05) is 57.1 Å². The number of benzene rings is 1. The fourth-order valence-electron chi connectivity index (χ4n) is 2.31. The number of hydrogen-bond acceptors (Lipinski definition) is 3. The summed E-state index contributed by atoms with van der Waals surface area (Å²) in [7, 11) is 3.94. The Bertz CT molecular complexity index is 679. The molecule has 0 spiro atoms. The van der Waals surface area contributed by atoms with Crippen LogP contribution >= 0.6 is 11.6 Å².